The molecule has 1 aliphatic rings. The van der Waals surface area contributed by atoms with Gasteiger partial charge in [-0.2, -0.15) is 0 Å². The SMILES string of the molecule is O=C=C1C=C(O)C=CN1CC(=O)O. The van der Waals surface area contributed by atoms with E-state index < -0.39 is 5.97 Å². The number of rotatable bonds is 2. The summed E-state index contributed by atoms with van der Waals surface area (Å²) in [5.74, 6) is 0.371. The van der Waals surface area contributed by atoms with Gasteiger partial charge in [-0.05, 0) is 6.08 Å². The van der Waals surface area contributed by atoms with Crippen LogP contribution in [-0.2, 0) is 9.59 Å². The maximum absolute atomic E-state index is 10.3. The smallest absolute Gasteiger partial charge is 0.323 e. The third kappa shape index (κ3) is 2.21. The topological polar surface area (TPSA) is 77.8 Å². The van der Waals surface area contributed by atoms with Gasteiger partial charge in [0.05, 0.1) is 0 Å². The van der Waals surface area contributed by atoms with E-state index in [1.54, 1.807) is 0 Å². The standard InChI is InChI=1S/C8H7NO4/c10-5-6-3-7(11)1-2-9(6)4-8(12)13/h1-3,11H,4H2,(H,12,13). The Bertz CT molecular complexity index is 336. The van der Waals surface area contributed by atoms with Crippen molar-refractivity contribution < 1.29 is 19.8 Å². The van der Waals surface area contributed by atoms with Crippen molar-refractivity contribution >= 4 is 11.9 Å². The summed E-state index contributed by atoms with van der Waals surface area (Å²) in [5.41, 5.74) is 0.00222. The molecule has 0 spiro atoms. The van der Waals surface area contributed by atoms with Crippen LogP contribution < -0.4 is 0 Å². The summed E-state index contributed by atoms with van der Waals surface area (Å²) in [6, 6.07) is 0. The number of hydrogen-bond acceptors (Lipinski definition) is 4. The predicted octanol–water partition coefficient (Wildman–Crippen LogP) is 0.0577. The number of aliphatic hydroxyl groups excluding tert-OH is 1. The Kier molecular flexibility index (Phi) is 2.52. The van der Waals surface area contributed by atoms with Gasteiger partial charge in [-0.25, -0.2) is 4.79 Å². The number of aliphatic hydroxyl groups is 1. The first-order valence-corrected chi connectivity index (χ1v) is 3.46. The Morgan fingerprint density at radius 2 is 2.31 bits per heavy atom. The number of nitrogens with zero attached hydrogens (tertiary/aromatic N) is 1. The summed E-state index contributed by atoms with van der Waals surface area (Å²) in [6.07, 6.45) is 3.75. The molecule has 0 unspecified atom stereocenters. The maximum Gasteiger partial charge on any atom is 0.323 e. The van der Waals surface area contributed by atoms with Gasteiger partial charge in [0.2, 0.25) is 0 Å². The van der Waals surface area contributed by atoms with Gasteiger partial charge in [0.15, 0.2) is 5.94 Å². The molecule has 0 saturated heterocycles. The molecule has 5 nitrogen and oxygen atoms in total. The number of carbonyl (C=O) groups excluding carboxylic acids is 1. The Morgan fingerprint density at radius 1 is 1.62 bits per heavy atom. The fourth-order valence-corrected chi connectivity index (χ4v) is 0.889. The third-order valence-electron chi connectivity index (χ3n) is 1.43. The van der Waals surface area contributed by atoms with Crippen molar-refractivity contribution in [3.8, 4) is 0 Å². The van der Waals surface area contributed by atoms with Crippen molar-refractivity contribution in [1.29, 1.82) is 0 Å². The van der Waals surface area contributed by atoms with E-state index in [9.17, 15) is 9.59 Å². The van der Waals surface area contributed by atoms with Crippen LogP contribution in [0.25, 0.3) is 0 Å². The number of hydrogen-bond donors (Lipinski definition) is 2. The van der Waals surface area contributed by atoms with Gasteiger partial charge < -0.3 is 15.1 Å². The normalized spacial score (nSPS) is 15.2. The zero-order chi connectivity index (χ0) is 9.84. The minimum Gasteiger partial charge on any atom is -0.508 e. The molecule has 5 heteroatoms. The van der Waals surface area contributed by atoms with Gasteiger partial charge >= 0.3 is 5.97 Å². The van der Waals surface area contributed by atoms with E-state index in [0.29, 0.717) is 0 Å². The van der Waals surface area contributed by atoms with Gasteiger partial charge in [0.25, 0.3) is 0 Å². The second-order valence-electron chi connectivity index (χ2n) is 2.39. The highest BCUT2D eigenvalue weighted by molar-refractivity contribution is 5.71. The van der Waals surface area contributed by atoms with Gasteiger partial charge in [-0.15, -0.1) is 0 Å². The van der Waals surface area contributed by atoms with Crippen molar-refractivity contribution in [2.75, 3.05) is 6.54 Å². The van der Waals surface area contributed by atoms with E-state index >= 15 is 0 Å². The Morgan fingerprint density at radius 3 is 2.85 bits per heavy atom. The Hall–Kier alpha value is -2.00. The molecular formula is C8H7NO4. The first-order chi connectivity index (χ1) is 6.13. The van der Waals surface area contributed by atoms with Crippen molar-refractivity contribution in [3.05, 3.63) is 29.8 Å². The predicted molar refractivity (Wildman–Crippen MR) is 43.4 cm³/mol. The van der Waals surface area contributed by atoms with Crippen molar-refractivity contribution in [2.24, 2.45) is 0 Å². The maximum atomic E-state index is 10.3. The second kappa shape index (κ2) is 3.60. The molecule has 68 valence electrons. The molecule has 13 heavy (non-hydrogen) atoms. The van der Waals surface area contributed by atoms with Crippen LogP contribution in [0.2, 0.25) is 0 Å². The van der Waals surface area contributed by atoms with Crippen molar-refractivity contribution in [3.63, 3.8) is 0 Å². The molecule has 1 rings (SSSR count). The Balaban J connectivity index is 2.85. The van der Waals surface area contributed by atoms with Gasteiger partial charge in [0.1, 0.15) is 18.0 Å². The Labute approximate surface area is 73.9 Å². The van der Waals surface area contributed by atoms with E-state index in [1.165, 1.54) is 23.1 Å². The third-order valence-corrected chi connectivity index (χ3v) is 1.43. The molecular weight excluding hydrogens is 174 g/mol. The first-order valence-electron chi connectivity index (χ1n) is 3.46. The molecule has 0 aliphatic carbocycles. The average Bonchev–Trinajstić information content (AvgIpc) is 2.07. The largest absolute Gasteiger partial charge is 0.508 e. The molecule has 0 aromatic rings. The van der Waals surface area contributed by atoms with Crippen molar-refractivity contribution in [2.45, 2.75) is 0 Å². The molecule has 2 N–H and O–H groups in total. The van der Waals surface area contributed by atoms with E-state index in [-0.39, 0.29) is 18.0 Å². The highest BCUT2D eigenvalue weighted by atomic mass is 16.4. The lowest BCUT2D eigenvalue weighted by atomic mass is 10.2. The number of carboxylic acids is 1. The molecule has 1 heterocycles. The van der Waals surface area contributed by atoms with Crippen LogP contribution in [0.1, 0.15) is 0 Å². The summed E-state index contributed by atoms with van der Waals surface area (Å²) in [6.45, 7) is -0.329. The molecule has 0 aromatic carbocycles. The highest BCUT2D eigenvalue weighted by Gasteiger charge is 2.13. The van der Waals surface area contributed by atoms with Crippen LogP contribution in [0.3, 0.4) is 0 Å². The molecule has 0 aromatic heterocycles. The number of allylic oxidation sites excluding steroid dienone is 2. The van der Waals surface area contributed by atoms with Crippen LogP contribution in [0.5, 0.6) is 0 Å². The lowest BCUT2D eigenvalue weighted by molar-refractivity contribution is -0.137. The quantitative estimate of drug-likeness (QED) is 0.589. The number of aliphatic carboxylic acids is 1. The van der Waals surface area contributed by atoms with E-state index in [0.717, 1.165) is 6.08 Å². The van der Waals surface area contributed by atoms with Crippen LogP contribution in [0.4, 0.5) is 0 Å². The fourth-order valence-electron chi connectivity index (χ4n) is 0.889. The van der Waals surface area contributed by atoms with Gasteiger partial charge in [-0.3, -0.25) is 4.79 Å². The summed E-state index contributed by atoms with van der Waals surface area (Å²) in [7, 11) is 0. The van der Waals surface area contributed by atoms with E-state index in [2.05, 4.69) is 0 Å². The van der Waals surface area contributed by atoms with Gasteiger partial charge in [0, 0.05) is 12.3 Å². The summed E-state index contributed by atoms with van der Waals surface area (Å²) in [5, 5.41) is 17.4. The summed E-state index contributed by atoms with van der Waals surface area (Å²) < 4.78 is 0. The zero-order valence-electron chi connectivity index (χ0n) is 6.60. The van der Waals surface area contributed by atoms with Gasteiger partial charge in [-0.1, -0.05) is 0 Å². The molecule has 0 amide bonds. The number of carbonyl (C=O) groups is 1. The van der Waals surface area contributed by atoms with Crippen LogP contribution >= 0.6 is 0 Å². The zero-order valence-corrected chi connectivity index (χ0v) is 6.60. The number of carboxylic acid groups (broad SMARTS) is 1. The van der Waals surface area contributed by atoms with Crippen LogP contribution in [0, 0.1) is 0 Å². The molecule has 0 radical (unpaired) electrons. The minimum atomic E-state index is -1.06. The molecule has 1 aliphatic heterocycles. The lowest BCUT2D eigenvalue weighted by Gasteiger charge is -2.18. The molecule has 0 fully saturated rings. The first kappa shape index (κ1) is 9.09. The highest BCUT2D eigenvalue weighted by Crippen LogP contribution is 2.12. The monoisotopic (exact) mass is 181 g/mol. The summed E-state index contributed by atoms with van der Waals surface area (Å²) >= 11 is 0. The molecule has 0 atom stereocenters. The fraction of sp³-hybridized carbons (Fsp3) is 0.125. The lowest BCUT2D eigenvalue weighted by Crippen LogP contribution is -2.25. The summed E-state index contributed by atoms with van der Waals surface area (Å²) in [4.78, 5) is 21.8. The average molecular weight is 181 g/mol. The molecule has 0 bridgehead atoms. The van der Waals surface area contributed by atoms with E-state index in [1.807, 2.05) is 0 Å². The van der Waals surface area contributed by atoms with Crippen molar-refractivity contribution in [1.82, 2.24) is 4.90 Å². The molecule has 0 saturated carbocycles. The van der Waals surface area contributed by atoms with Crippen LogP contribution in [0.15, 0.2) is 29.8 Å². The van der Waals surface area contributed by atoms with Crippen LogP contribution in [-0.4, -0.2) is 33.6 Å². The minimum absolute atomic E-state index is 0.00222. The van der Waals surface area contributed by atoms with E-state index in [4.69, 9.17) is 10.2 Å². The second-order valence-corrected chi connectivity index (χ2v) is 2.39.